The highest BCUT2D eigenvalue weighted by Gasteiger charge is 1.96. The summed E-state index contributed by atoms with van der Waals surface area (Å²) >= 11 is 0. The van der Waals surface area contributed by atoms with Gasteiger partial charge < -0.3 is 4.74 Å². The van der Waals surface area contributed by atoms with Crippen LogP contribution in [0.2, 0.25) is 0 Å². The van der Waals surface area contributed by atoms with Crippen LogP contribution in [-0.4, -0.2) is 37.2 Å². The predicted molar refractivity (Wildman–Crippen MR) is 40.0 cm³/mol. The molecule has 0 spiro atoms. The van der Waals surface area contributed by atoms with Gasteiger partial charge >= 0.3 is 8.69 Å². The fourth-order valence-electron chi connectivity index (χ4n) is 0.203. The first-order chi connectivity index (χ1) is 3.81. The number of hydrogen-bond donors (Lipinski definition) is 0. The summed E-state index contributed by atoms with van der Waals surface area (Å²) in [5, 5.41) is 0. The fraction of sp³-hybridized carbons (Fsp3) is 1.00. The molecule has 0 aliphatic rings. The molecule has 0 fully saturated rings. The molecule has 0 aromatic carbocycles. The van der Waals surface area contributed by atoms with Crippen molar-refractivity contribution >= 4 is 26.0 Å². The van der Waals surface area contributed by atoms with Crippen molar-refractivity contribution in [2.45, 2.75) is 13.0 Å². The molecule has 3 nitrogen and oxygen atoms in total. The van der Waals surface area contributed by atoms with E-state index in [9.17, 15) is 4.57 Å². The Morgan fingerprint density at radius 2 is 2.22 bits per heavy atom. The molecule has 0 bridgehead atoms. The Bertz CT molecular complexity index is 70.8. The van der Waals surface area contributed by atoms with Crippen LogP contribution in [0.15, 0.2) is 0 Å². The third-order valence-corrected chi connectivity index (χ3v) is 1.02. The zero-order chi connectivity index (χ0) is 6.41. The zero-order valence-corrected chi connectivity index (χ0v) is 5.85. The summed E-state index contributed by atoms with van der Waals surface area (Å²) in [6, 6.07) is 0. The van der Waals surface area contributed by atoms with Gasteiger partial charge in [0.2, 0.25) is 0 Å². The van der Waals surface area contributed by atoms with Crippen LogP contribution >= 0.6 is 8.69 Å². The average Bonchev–Trinajstić information content (AvgIpc) is 1.83. The second-order valence-corrected chi connectivity index (χ2v) is 1.82. The smallest absolute Gasteiger partial charge is 0.327 e. The second-order valence-electron chi connectivity index (χ2n) is 1.42. The number of rotatable bonds is 4. The Balaban J connectivity index is 0. The summed E-state index contributed by atoms with van der Waals surface area (Å²) in [6.07, 6.45) is 0.0245. The Kier molecular flexibility index (Phi) is 11.6. The van der Waals surface area contributed by atoms with E-state index in [0.29, 0.717) is 6.61 Å². The molecule has 0 rings (SSSR count). The van der Waals surface area contributed by atoms with Crippen molar-refractivity contribution in [3.05, 3.63) is 0 Å². The highest BCUT2D eigenvalue weighted by atomic mass is 31.1. The van der Waals surface area contributed by atoms with Gasteiger partial charge in [0.15, 0.2) is 17.4 Å². The largest absolute Gasteiger partial charge is 0.379 e. The van der Waals surface area contributed by atoms with Crippen LogP contribution < -0.4 is 0 Å². The average molecular weight is 166 g/mol. The van der Waals surface area contributed by atoms with Gasteiger partial charge in [-0.3, -0.25) is 4.52 Å². The van der Waals surface area contributed by atoms with Crippen LogP contribution in [0.4, 0.5) is 0 Å². The van der Waals surface area contributed by atoms with Gasteiger partial charge in [0.05, 0.1) is 12.7 Å². The molecule has 1 unspecified atom stereocenters. The Labute approximate surface area is 67.1 Å². The van der Waals surface area contributed by atoms with Crippen molar-refractivity contribution in [3.8, 4) is 0 Å². The number of hydrogen-bond acceptors (Lipinski definition) is 3. The van der Waals surface area contributed by atoms with Crippen LogP contribution in [0.25, 0.3) is 0 Å². The van der Waals surface area contributed by atoms with Crippen molar-refractivity contribution < 1.29 is 13.8 Å². The van der Waals surface area contributed by atoms with Gasteiger partial charge in [-0.15, -0.1) is 0 Å². The molecule has 0 aliphatic heterocycles. The Hall–Kier alpha value is 0.552. The van der Waals surface area contributed by atoms with E-state index in [0.717, 1.165) is 0 Å². The molecule has 0 N–H and O–H groups in total. The molecule has 0 aliphatic carbocycles. The highest BCUT2D eigenvalue weighted by molar-refractivity contribution is 7.17. The van der Waals surface area contributed by atoms with E-state index >= 15 is 0 Å². The molecule has 0 saturated carbocycles. The van der Waals surface area contributed by atoms with Crippen LogP contribution in [-0.2, 0) is 13.8 Å². The lowest BCUT2D eigenvalue weighted by Gasteiger charge is -2.03. The van der Waals surface area contributed by atoms with E-state index in [1.807, 2.05) is 6.92 Å². The molecule has 54 valence electrons. The SMILES string of the molecule is COC(C)COP=O.[AlH3]. The lowest BCUT2D eigenvalue weighted by atomic mass is 10.4. The monoisotopic (exact) mass is 166 g/mol. The predicted octanol–water partition coefficient (Wildman–Crippen LogP) is 0.0607. The first-order valence-electron chi connectivity index (χ1n) is 2.28. The van der Waals surface area contributed by atoms with E-state index < -0.39 is 0 Å². The van der Waals surface area contributed by atoms with Gasteiger partial charge in [0.25, 0.3) is 0 Å². The van der Waals surface area contributed by atoms with E-state index in [2.05, 4.69) is 4.52 Å². The number of ether oxygens (including phenoxy) is 1. The molecule has 0 saturated heterocycles. The summed E-state index contributed by atoms with van der Waals surface area (Å²) in [6.45, 7) is 2.22. The minimum Gasteiger partial charge on any atom is -0.379 e. The fourth-order valence-corrected chi connectivity index (χ4v) is 0.474. The van der Waals surface area contributed by atoms with Gasteiger partial charge in [-0.2, -0.15) is 0 Å². The maximum Gasteiger partial charge on any atom is 0.327 e. The number of methoxy groups -OCH3 is 1. The summed E-state index contributed by atoms with van der Waals surface area (Å²) < 4.78 is 18.9. The lowest BCUT2D eigenvalue weighted by molar-refractivity contribution is 0.0764. The summed E-state index contributed by atoms with van der Waals surface area (Å²) in [7, 11) is 1.30. The van der Waals surface area contributed by atoms with E-state index in [1.165, 1.54) is 0 Å². The zero-order valence-electron chi connectivity index (χ0n) is 4.96. The molecule has 0 aromatic rings. The van der Waals surface area contributed by atoms with Gasteiger partial charge in [0.1, 0.15) is 0 Å². The molecule has 9 heavy (non-hydrogen) atoms. The molecular formula is C4H12AlO3P. The first-order valence-corrected chi connectivity index (χ1v) is 3.01. The quantitative estimate of drug-likeness (QED) is 0.437. The summed E-state index contributed by atoms with van der Waals surface area (Å²) in [4.78, 5) is 0. The van der Waals surface area contributed by atoms with Crippen molar-refractivity contribution in [2.75, 3.05) is 13.7 Å². The van der Waals surface area contributed by atoms with E-state index in [-0.39, 0.29) is 32.2 Å². The van der Waals surface area contributed by atoms with E-state index in [4.69, 9.17) is 4.74 Å². The molecule has 0 aromatic heterocycles. The van der Waals surface area contributed by atoms with Crippen molar-refractivity contribution in [1.29, 1.82) is 0 Å². The van der Waals surface area contributed by atoms with Gasteiger partial charge in [-0.25, -0.2) is 4.57 Å². The van der Waals surface area contributed by atoms with Gasteiger partial charge in [0, 0.05) is 7.11 Å². The molecule has 0 radical (unpaired) electrons. The Morgan fingerprint density at radius 3 is 2.56 bits per heavy atom. The summed E-state index contributed by atoms with van der Waals surface area (Å²) in [5.74, 6) is 0. The van der Waals surface area contributed by atoms with E-state index in [1.54, 1.807) is 7.11 Å². The van der Waals surface area contributed by atoms with Crippen LogP contribution in [0.5, 0.6) is 0 Å². The normalized spacial score (nSPS) is 12.7. The van der Waals surface area contributed by atoms with Crippen molar-refractivity contribution in [2.24, 2.45) is 0 Å². The summed E-state index contributed by atoms with van der Waals surface area (Å²) in [5.41, 5.74) is 0. The minimum atomic E-state index is -0.281. The molecule has 0 heterocycles. The second kappa shape index (κ2) is 8.55. The molecule has 0 amide bonds. The topological polar surface area (TPSA) is 35.5 Å². The maximum absolute atomic E-state index is 9.64. The third-order valence-electron chi connectivity index (χ3n) is 0.764. The van der Waals surface area contributed by atoms with Gasteiger partial charge in [-0.1, -0.05) is 0 Å². The minimum absolute atomic E-state index is 0. The third kappa shape index (κ3) is 8.55. The van der Waals surface area contributed by atoms with Gasteiger partial charge in [-0.05, 0) is 6.92 Å². The van der Waals surface area contributed by atoms with Crippen LogP contribution in [0.3, 0.4) is 0 Å². The van der Waals surface area contributed by atoms with Crippen molar-refractivity contribution in [1.82, 2.24) is 0 Å². The Morgan fingerprint density at radius 1 is 1.67 bits per heavy atom. The van der Waals surface area contributed by atoms with Crippen molar-refractivity contribution in [3.63, 3.8) is 0 Å². The standard InChI is InChI=1S/C4H9O3P.Al.3H/c1-4(6-2)3-7-8-5;;;;/h4H,3H2,1-2H3;;;;. The molecular weight excluding hydrogens is 154 g/mol. The maximum atomic E-state index is 9.64. The highest BCUT2D eigenvalue weighted by Crippen LogP contribution is 1.97. The molecule has 5 heteroatoms. The van der Waals surface area contributed by atoms with Crippen LogP contribution in [0.1, 0.15) is 6.92 Å². The lowest BCUT2D eigenvalue weighted by Crippen LogP contribution is -2.09. The molecule has 1 atom stereocenters. The van der Waals surface area contributed by atoms with Crippen LogP contribution in [0, 0.1) is 0 Å². The first kappa shape index (κ1) is 12.2.